The summed E-state index contributed by atoms with van der Waals surface area (Å²) in [6.07, 6.45) is 2.69. The van der Waals surface area contributed by atoms with Gasteiger partial charge in [0.15, 0.2) is 0 Å². The second kappa shape index (κ2) is 8.58. The van der Waals surface area contributed by atoms with Crippen LogP contribution in [0.3, 0.4) is 0 Å². The van der Waals surface area contributed by atoms with E-state index in [0.29, 0.717) is 24.4 Å². The van der Waals surface area contributed by atoms with Gasteiger partial charge in [-0.25, -0.2) is 8.42 Å². The van der Waals surface area contributed by atoms with Crippen LogP contribution in [0.5, 0.6) is 0 Å². The summed E-state index contributed by atoms with van der Waals surface area (Å²) in [6.45, 7) is 4.42. The molecule has 7 nitrogen and oxygen atoms in total. The molecule has 1 heterocycles. The molecular formula is C18H27ClN4O3S. The molecule has 0 spiro atoms. The molecule has 27 heavy (non-hydrogen) atoms. The number of sulfonamides is 1. The zero-order valence-corrected chi connectivity index (χ0v) is 17.1. The monoisotopic (exact) mass is 414 g/mol. The zero-order chi connectivity index (χ0) is 18.9. The first-order valence-electron chi connectivity index (χ1n) is 9.02. The maximum atomic E-state index is 12.8. The van der Waals surface area contributed by atoms with Crippen LogP contribution in [0.1, 0.15) is 38.7 Å². The van der Waals surface area contributed by atoms with Gasteiger partial charge >= 0.3 is 0 Å². The van der Waals surface area contributed by atoms with Gasteiger partial charge in [-0.1, -0.05) is 26.0 Å². The number of aliphatic imine (C=N–C) groups is 1. The first kappa shape index (κ1) is 21.7. The highest BCUT2D eigenvalue weighted by atomic mass is 35.5. The first-order chi connectivity index (χ1) is 12.3. The molecule has 1 aromatic rings. The summed E-state index contributed by atoms with van der Waals surface area (Å²) in [4.78, 5) is 17.5. The Hall–Kier alpha value is -1.64. The fourth-order valence-corrected chi connectivity index (χ4v) is 4.44. The summed E-state index contributed by atoms with van der Waals surface area (Å²) in [7, 11) is -3.62. The Morgan fingerprint density at radius 1 is 1.33 bits per heavy atom. The number of carbonyl (C=O) groups excluding carboxylic acids is 1. The lowest BCUT2D eigenvalue weighted by Gasteiger charge is -2.21. The average molecular weight is 415 g/mol. The van der Waals surface area contributed by atoms with Gasteiger partial charge in [0.1, 0.15) is 11.9 Å². The molecule has 0 saturated heterocycles. The smallest absolute Gasteiger partial charge is 0.263 e. The van der Waals surface area contributed by atoms with E-state index in [1.807, 2.05) is 13.8 Å². The molecular weight excluding hydrogens is 388 g/mol. The van der Waals surface area contributed by atoms with Crippen LogP contribution in [-0.4, -0.2) is 38.8 Å². The number of rotatable bonds is 7. The number of nitrogens with two attached hydrogens (primary N) is 1. The molecule has 2 unspecified atom stereocenters. The van der Waals surface area contributed by atoms with Gasteiger partial charge in [-0.2, -0.15) is 0 Å². The molecule has 1 fully saturated rings. The lowest BCUT2D eigenvalue weighted by molar-refractivity contribution is -0.123. The van der Waals surface area contributed by atoms with Crippen LogP contribution in [0.25, 0.3) is 0 Å². The molecule has 1 aromatic carbocycles. The maximum absolute atomic E-state index is 12.8. The minimum atomic E-state index is -3.62. The van der Waals surface area contributed by atoms with Crippen molar-refractivity contribution in [3.05, 3.63) is 29.8 Å². The Kier molecular flexibility index (Phi) is 6.88. The molecule has 1 aliphatic carbocycles. The van der Waals surface area contributed by atoms with Gasteiger partial charge in [-0.15, -0.1) is 12.4 Å². The molecule has 3 rings (SSSR count). The number of carbonyl (C=O) groups is 1. The second-order valence-corrected chi connectivity index (χ2v) is 9.06. The number of nitrogens with one attached hydrogen (secondary N) is 2. The van der Waals surface area contributed by atoms with E-state index >= 15 is 0 Å². The van der Waals surface area contributed by atoms with Crippen molar-refractivity contribution in [2.75, 3.05) is 6.54 Å². The summed E-state index contributed by atoms with van der Waals surface area (Å²) in [5.74, 6) is 0.719. The molecule has 0 bridgehead atoms. The molecule has 2 atom stereocenters. The molecule has 1 saturated carbocycles. The van der Waals surface area contributed by atoms with Crippen LogP contribution in [0.2, 0.25) is 0 Å². The van der Waals surface area contributed by atoms with Gasteiger partial charge in [0, 0.05) is 18.2 Å². The second-order valence-electron chi connectivity index (χ2n) is 7.41. The van der Waals surface area contributed by atoms with Gasteiger partial charge in [0.2, 0.25) is 5.91 Å². The van der Waals surface area contributed by atoms with E-state index < -0.39 is 16.1 Å². The molecule has 0 aromatic heterocycles. The van der Waals surface area contributed by atoms with E-state index in [9.17, 15) is 13.2 Å². The number of fused-ring (bicyclic) bond motifs is 1. The quantitative estimate of drug-likeness (QED) is 0.625. The highest BCUT2D eigenvalue weighted by molar-refractivity contribution is 7.90. The predicted molar refractivity (Wildman–Crippen MR) is 108 cm³/mol. The number of nitrogens with zero attached hydrogens (tertiary/aromatic N) is 1. The van der Waals surface area contributed by atoms with Gasteiger partial charge < -0.3 is 11.1 Å². The van der Waals surface area contributed by atoms with Crippen molar-refractivity contribution < 1.29 is 13.2 Å². The molecule has 150 valence electrons. The Bertz CT molecular complexity index is 822. The molecule has 2 aliphatic rings. The lowest BCUT2D eigenvalue weighted by atomic mass is 10.0. The minimum Gasteiger partial charge on any atom is -0.350 e. The van der Waals surface area contributed by atoms with Crippen LogP contribution < -0.4 is 15.8 Å². The van der Waals surface area contributed by atoms with Crippen LogP contribution in [-0.2, 0) is 14.8 Å². The van der Waals surface area contributed by atoms with Crippen molar-refractivity contribution in [3.8, 4) is 0 Å². The van der Waals surface area contributed by atoms with E-state index in [4.69, 9.17) is 5.73 Å². The Morgan fingerprint density at radius 3 is 2.59 bits per heavy atom. The summed E-state index contributed by atoms with van der Waals surface area (Å²) in [5, 5.41) is 3.00. The Balaban J connectivity index is 0.00000261. The summed E-state index contributed by atoms with van der Waals surface area (Å²) in [5.41, 5.74) is 6.29. The van der Waals surface area contributed by atoms with Crippen LogP contribution in [0, 0.1) is 11.8 Å². The highest BCUT2D eigenvalue weighted by Gasteiger charge is 2.35. The highest BCUT2D eigenvalue weighted by Crippen LogP contribution is 2.32. The van der Waals surface area contributed by atoms with Crippen molar-refractivity contribution in [2.45, 2.75) is 50.1 Å². The molecule has 1 aliphatic heterocycles. The number of benzene rings is 1. The third kappa shape index (κ3) is 5.00. The Morgan fingerprint density at radius 2 is 2.00 bits per heavy atom. The van der Waals surface area contributed by atoms with Gasteiger partial charge in [-0.05, 0) is 43.2 Å². The third-order valence-corrected chi connectivity index (χ3v) is 6.11. The molecule has 1 amide bonds. The van der Waals surface area contributed by atoms with Gasteiger partial charge in [0.25, 0.3) is 10.0 Å². The normalized spacial score (nSPS) is 21.1. The fraction of sp³-hybridized carbons (Fsp3) is 0.556. The number of amides is 1. The van der Waals surface area contributed by atoms with Crippen molar-refractivity contribution in [3.63, 3.8) is 0 Å². The van der Waals surface area contributed by atoms with E-state index in [1.165, 1.54) is 6.07 Å². The van der Waals surface area contributed by atoms with Crippen LogP contribution >= 0.6 is 12.4 Å². The van der Waals surface area contributed by atoms with E-state index in [2.05, 4.69) is 15.0 Å². The fourth-order valence-electron chi connectivity index (χ4n) is 3.20. The van der Waals surface area contributed by atoms with Gasteiger partial charge in [-0.3, -0.25) is 14.5 Å². The predicted octanol–water partition coefficient (Wildman–Crippen LogP) is 1.42. The molecule has 9 heteroatoms. The third-order valence-electron chi connectivity index (χ3n) is 4.72. The minimum absolute atomic E-state index is 0. The number of hydrogen-bond acceptors (Lipinski definition) is 5. The Labute approximate surface area is 166 Å². The van der Waals surface area contributed by atoms with Gasteiger partial charge in [0.05, 0.1) is 4.90 Å². The van der Waals surface area contributed by atoms with Crippen LogP contribution in [0.4, 0.5) is 0 Å². The number of hydrogen-bond donors (Lipinski definition) is 3. The van der Waals surface area contributed by atoms with Crippen LogP contribution in [0.15, 0.2) is 34.2 Å². The largest absolute Gasteiger partial charge is 0.350 e. The zero-order valence-electron chi connectivity index (χ0n) is 15.5. The van der Waals surface area contributed by atoms with E-state index in [0.717, 1.165) is 12.8 Å². The standard InChI is InChI=1S/C18H26N4O3S.ClH/c1-11(2)9-14(18(23)21-15(10-19)12-7-8-12)20-17-13-5-3-4-6-16(13)26(24,25)22-17;/h3-6,11-12,14-15H,7-10,19H2,1-2H3,(H,20,22)(H,21,23);1H. The summed E-state index contributed by atoms with van der Waals surface area (Å²) < 4.78 is 27.0. The van der Waals surface area contributed by atoms with E-state index in [-0.39, 0.29) is 41.0 Å². The topological polar surface area (TPSA) is 114 Å². The number of halogens is 1. The van der Waals surface area contributed by atoms with Crippen molar-refractivity contribution >= 4 is 34.2 Å². The van der Waals surface area contributed by atoms with Crippen molar-refractivity contribution in [2.24, 2.45) is 22.6 Å². The lowest BCUT2D eigenvalue weighted by Crippen LogP contribution is -2.46. The first-order valence-corrected chi connectivity index (χ1v) is 10.5. The molecule has 0 radical (unpaired) electrons. The molecule has 4 N–H and O–H groups in total. The average Bonchev–Trinajstić information content (AvgIpc) is 3.39. The van der Waals surface area contributed by atoms with Crippen molar-refractivity contribution in [1.29, 1.82) is 0 Å². The maximum Gasteiger partial charge on any atom is 0.263 e. The van der Waals surface area contributed by atoms with Crippen molar-refractivity contribution in [1.82, 2.24) is 10.0 Å². The SMILES string of the molecule is CC(C)CC(N=C1NS(=O)(=O)c2ccccc21)C(=O)NC(CN)C1CC1.Cl. The number of amidine groups is 1. The summed E-state index contributed by atoms with van der Waals surface area (Å²) in [6, 6.07) is 5.96. The van der Waals surface area contributed by atoms with E-state index in [1.54, 1.807) is 18.2 Å². The summed E-state index contributed by atoms with van der Waals surface area (Å²) >= 11 is 0.